The van der Waals surface area contributed by atoms with E-state index in [2.05, 4.69) is 58.5 Å². The summed E-state index contributed by atoms with van der Waals surface area (Å²) in [6.45, 7) is 23.0. The summed E-state index contributed by atoms with van der Waals surface area (Å²) in [6, 6.07) is -19.7. The number of hydrogen-bond donors (Lipinski definition) is 17. The third-order valence-electron chi connectivity index (χ3n) is 26.2. The molecule has 0 radical (unpaired) electrons. The number of esters is 1. The molecule has 23 atom stereocenters. The first-order valence-electron chi connectivity index (χ1n) is 48.4. The Labute approximate surface area is 849 Å². The summed E-state index contributed by atoms with van der Waals surface area (Å²) in [5, 5.41) is 40.1. The van der Waals surface area contributed by atoms with Crippen molar-refractivity contribution in [3.63, 3.8) is 0 Å². The number of hydrogen-bond acceptors (Lipinski definition) is 28. The second-order valence-electron chi connectivity index (χ2n) is 38.6. The number of nitrogens with two attached hydrogens (primary N) is 4. The second kappa shape index (κ2) is 57.7. The average Bonchev–Trinajstić information content (AvgIpc) is 1.60. The average molecular weight is 2070 g/mol. The molecular weight excluding hydrogens is 1910 g/mol. The van der Waals surface area contributed by atoms with Crippen LogP contribution in [-0.2, 0) is 136 Å². The molecule has 0 aliphatic carbocycles. The number of ether oxygens (including phenoxy) is 2. The maximum Gasteiger partial charge on any atom is 0.329 e. The van der Waals surface area contributed by atoms with Gasteiger partial charge < -0.3 is 130 Å². The van der Waals surface area contributed by atoms with Crippen LogP contribution in [0.3, 0.4) is 0 Å². The fourth-order valence-corrected chi connectivity index (χ4v) is 17.0. The van der Waals surface area contributed by atoms with Gasteiger partial charge in [-0.15, -0.1) is 0 Å². The largest absolute Gasteiger partial charge is 0.458 e. The van der Waals surface area contributed by atoms with Crippen molar-refractivity contribution >= 4 is 148 Å². The Morgan fingerprint density at radius 3 is 1.52 bits per heavy atom. The molecule has 0 spiro atoms. The summed E-state index contributed by atoms with van der Waals surface area (Å²) >= 11 is 0. The van der Waals surface area contributed by atoms with Crippen molar-refractivity contribution in [1.29, 1.82) is 0 Å². The van der Waals surface area contributed by atoms with Gasteiger partial charge >= 0.3 is 5.97 Å². The lowest BCUT2D eigenvalue weighted by Crippen LogP contribution is -2.65. The molecule has 3 rings (SSSR count). The normalized spacial score (nSPS) is 23.4. The van der Waals surface area contributed by atoms with Gasteiger partial charge in [0.2, 0.25) is 142 Å². The van der Waals surface area contributed by atoms with Crippen LogP contribution in [0.2, 0.25) is 0 Å². The molecule has 2 saturated heterocycles. The molecule has 21 N–H and O–H groups in total. The number of methoxy groups -OCH3 is 1. The number of rotatable bonds is 40. The van der Waals surface area contributed by atoms with Gasteiger partial charge in [0.1, 0.15) is 103 Å². The Morgan fingerprint density at radius 2 is 1.01 bits per heavy atom. The van der Waals surface area contributed by atoms with Gasteiger partial charge in [-0.2, -0.15) is 0 Å². The van der Waals surface area contributed by atoms with E-state index < -0.39 is 349 Å². The smallest absolute Gasteiger partial charge is 0.329 e. The van der Waals surface area contributed by atoms with Crippen molar-refractivity contribution in [3.05, 3.63) is 35.9 Å². The van der Waals surface area contributed by atoms with Crippen molar-refractivity contribution in [3.8, 4) is 0 Å². The maximum atomic E-state index is 15.6. The van der Waals surface area contributed by atoms with E-state index in [9.17, 15) is 86.6 Å². The fourth-order valence-electron chi connectivity index (χ4n) is 17.0. The molecular formula is C95H153N23O28. The van der Waals surface area contributed by atoms with E-state index in [1.165, 1.54) is 56.2 Å². The lowest BCUT2D eigenvalue weighted by molar-refractivity contribution is -0.163. The monoisotopic (exact) mass is 2060 g/mol. The van der Waals surface area contributed by atoms with Crippen LogP contribution in [0.15, 0.2) is 30.3 Å². The Balaban J connectivity index is 2.34. The summed E-state index contributed by atoms with van der Waals surface area (Å²) in [7, 11) is 9.59. The number of nitrogens with one attached hydrogen (secondary N) is 12. The molecule has 24 amide bonds. The lowest BCUT2D eigenvalue weighted by atomic mass is 9.89. The fraction of sp³-hybridized carbons (Fsp3) is 0.674. The standard InChI is InChI=1S/C95H153N23O28/c1-26-47(9)73-85(134)108-64-42-70(125)111-95(64,144)51(13)79(128)105-59(40-69(124)102-55(17)119)82(131)101-53(15)87(136)118(24)78(50(12)29-4)94(143)146-54(16)74(86(135)107-61(39-67(98)122)88(137)112(18)43-71(126)103-57(37-65(96)120)81(130)100-52(14)80(129)109-73)110-83(132)58(38-66(97)121)106-84(133)62(35-45(5)6)113(19)91(140)75(46(7)8)115(21)93(142)77(49(11)28-3)117(23)90(139)63(41-68(99)123)114(20)92(141)76(48(10)27-2)116(22)89(138)60(104-72(127)44-145-25)36-56-33-31-30-32-34-56/h30-34,45-54,57-64,73-78,144H,26-29,35-44H2,1-25H3,(H2,96,120)(H2,97,121)(H2,98,122)(H2,99,123)(H,100,130)(H,101,131)(H,103,126)(H,104,127)(H,105,128)(H,106,133)(H,107,135)(H,108,134)(H,109,129)(H,110,132)(H,111,125)(H,102,119,124)/t47-,48-,49-,50+,51-,52+,53-,54-,57+,58+,59+,60-,61+,62+,63+,64+,73-,74+,75+,76+,77+,78-,95-/m1/s1. The number of fused-ring (bicyclic) bond motifs is 1. The van der Waals surface area contributed by atoms with Crippen LogP contribution >= 0.6 is 0 Å². The third kappa shape index (κ3) is 35.8. The number of cyclic esters (lactones) is 1. The van der Waals surface area contributed by atoms with Crippen LogP contribution < -0.4 is 86.7 Å². The molecule has 2 aliphatic rings. The molecule has 0 aromatic heterocycles. The minimum Gasteiger partial charge on any atom is -0.458 e. The molecule has 146 heavy (non-hydrogen) atoms. The van der Waals surface area contributed by atoms with Gasteiger partial charge in [0, 0.05) is 69.8 Å². The maximum absolute atomic E-state index is 15.6. The Kier molecular flexibility index (Phi) is 49.9. The second-order valence-corrected chi connectivity index (χ2v) is 38.6. The zero-order valence-corrected chi connectivity index (χ0v) is 88.1. The number of nitrogens with zero attached hydrogens (tertiary/aromatic N) is 7. The van der Waals surface area contributed by atoms with Gasteiger partial charge in [-0.3, -0.25) is 120 Å². The third-order valence-corrected chi connectivity index (χ3v) is 26.2. The molecule has 51 heteroatoms. The first-order chi connectivity index (χ1) is 67.8. The summed E-state index contributed by atoms with van der Waals surface area (Å²) < 4.78 is 11.0. The Morgan fingerprint density at radius 1 is 0.514 bits per heavy atom. The highest BCUT2D eigenvalue weighted by Gasteiger charge is 2.55. The van der Waals surface area contributed by atoms with E-state index in [0.29, 0.717) is 10.5 Å². The number of aliphatic hydroxyl groups is 1. The summed E-state index contributed by atoms with van der Waals surface area (Å²) in [5.74, 6) is -34.8. The Bertz CT molecular complexity index is 4910. The molecule has 2 heterocycles. The topological polar surface area (TPSA) is 737 Å². The molecule has 2 fully saturated rings. The van der Waals surface area contributed by atoms with E-state index in [1.54, 1.807) is 99.6 Å². The molecule has 51 nitrogen and oxygen atoms in total. The highest BCUT2D eigenvalue weighted by atomic mass is 16.5. The summed E-state index contributed by atoms with van der Waals surface area (Å²) in [5.41, 5.74) is 20.7. The predicted molar refractivity (Wildman–Crippen MR) is 523 cm³/mol. The number of carbonyl (C=O) groups excluding carboxylic acids is 25. The zero-order chi connectivity index (χ0) is 112. The minimum absolute atomic E-state index is 0.0121. The highest BCUT2D eigenvalue weighted by Crippen LogP contribution is 2.31. The van der Waals surface area contributed by atoms with E-state index in [4.69, 9.17) is 32.4 Å². The van der Waals surface area contributed by atoms with Crippen LogP contribution in [-0.4, -0.2) is 365 Å². The quantitative estimate of drug-likeness (QED) is 0.0272. The predicted octanol–water partition coefficient (Wildman–Crippen LogP) is -6.59. The van der Waals surface area contributed by atoms with Crippen LogP contribution in [0.4, 0.5) is 0 Å². The number of amides is 24. The van der Waals surface area contributed by atoms with Gasteiger partial charge in [-0.05, 0) is 75.2 Å². The van der Waals surface area contributed by atoms with Crippen molar-refractivity contribution in [2.24, 2.45) is 64.4 Å². The van der Waals surface area contributed by atoms with Crippen LogP contribution in [0.25, 0.3) is 0 Å². The van der Waals surface area contributed by atoms with Crippen molar-refractivity contribution < 1.29 is 134 Å². The van der Waals surface area contributed by atoms with Crippen molar-refractivity contribution in [2.75, 3.05) is 69.6 Å². The van der Waals surface area contributed by atoms with Crippen molar-refractivity contribution in [2.45, 2.75) is 303 Å². The highest BCUT2D eigenvalue weighted by molar-refractivity contribution is 6.04. The molecule has 816 valence electrons. The summed E-state index contributed by atoms with van der Waals surface area (Å²) in [4.78, 5) is 363. The van der Waals surface area contributed by atoms with Gasteiger partial charge in [-0.1, -0.05) is 139 Å². The van der Waals surface area contributed by atoms with Crippen molar-refractivity contribution in [1.82, 2.24) is 98.1 Å². The molecule has 0 unspecified atom stereocenters. The van der Waals surface area contributed by atoms with E-state index in [-0.39, 0.29) is 38.5 Å². The van der Waals surface area contributed by atoms with Gasteiger partial charge in [-0.25, -0.2) is 4.79 Å². The van der Waals surface area contributed by atoms with Crippen LogP contribution in [0, 0.1) is 41.4 Å². The number of imide groups is 1. The number of benzene rings is 1. The number of primary amides is 4. The molecule has 1 aromatic carbocycles. The van der Waals surface area contributed by atoms with E-state index in [1.807, 2.05) is 5.32 Å². The molecule has 0 bridgehead atoms. The minimum atomic E-state index is -2.75. The number of likely N-dealkylation sites (N-methyl/N-ethyl adjacent to an activating group) is 7. The zero-order valence-electron chi connectivity index (χ0n) is 88.1. The number of carbonyl (C=O) groups is 25. The van der Waals surface area contributed by atoms with E-state index >= 15 is 38.4 Å². The molecule has 2 aliphatic heterocycles. The lowest BCUT2D eigenvalue weighted by Gasteiger charge is -2.42. The summed E-state index contributed by atoms with van der Waals surface area (Å²) in [6.07, 6.45) is -7.55. The van der Waals surface area contributed by atoms with Gasteiger partial charge in [0.25, 0.3) is 0 Å². The SMILES string of the molecule is CC[C@@H](C)[C@@H](C(=O)N(C)[C@@H](CC(N)=O)C(=O)N(C)[C@H](C(=O)N(C)[C@H](C(=O)N(C)[C@@H](CC(C)C)C(=O)N[C@@H](CC(N)=O)C(=O)N[C@@H]1C(=O)N[C@@H](CC(N)=O)C(=O)N(C)CC(=O)N[C@@H](CC(N)=O)C(=O)N[C@@H](C)C(=O)N[C@H]([C@H](C)CC)C(=O)N[C@H]2CC(=O)N[C@@]2(O)[C@H](C)C(=O)N[C@@H](CC(=O)NC(C)=O)C(=O)N[C@H](C)C(=O)N(C)[C@H]([C@@H](C)CC)C(=O)O[C@@H]1C)C(C)C)[C@H](C)CC)N(C)C(=O)[C@@H](Cc1ccccc1)NC(=O)COC. The van der Waals surface area contributed by atoms with Crippen LogP contribution in [0.1, 0.15) is 194 Å². The van der Waals surface area contributed by atoms with Crippen LogP contribution in [0.5, 0.6) is 0 Å². The molecule has 1 aromatic rings. The Hall–Kier alpha value is -13.9. The first-order valence-corrected chi connectivity index (χ1v) is 48.4. The van der Waals surface area contributed by atoms with Gasteiger partial charge in [0.15, 0.2) is 5.72 Å². The molecule has 0 saturated carbocycles. The van der Waals surface area contributed by atoms with E-state index in [0.717, 1.165) is 78.1 Å². The van der Waals surface area contributed by atoms with Gasteiger partial charge in [0.05, 0.1) is 57.0 Å². The first kappa shape index (κ1) is 126.